The lowest BCUT2D eigenvalue weighted by Crippen LogP contribution is -2.52. The fourth-order valence-corrected chi connectivity index (χ4v) is 4.18. The van der Waals surface area contributed by atoms with Gasteiger partial charge in [0.25, 0.3) is 0 Å². The highest BCUT2D eigenvalue weighted by Gasteiger charge is 2.50. The monoisotopic (exact) mass is 442 g/mol. The number of hydrogen-bond donors (Lipinski definition) is 1. The van der Waals surface area contributed by atoms with Crippen molar-refractivity contribution in [2.45, 2.75) is 59.2 Å². The Morgan fingerprint density at radius 3 is 2.59 bits per heavy atom. The summed E-state index contributed by atoms with van der Waals surface area (Å²) < 4.78 is 11.0. The molecule has 2 aliphatic carbocycles. The van der Waals surface area contributed by atoms with Crippen molar-refractivity contribution >= 4 is 23.3 Å². The minimum absolute atomic E-state index is 0.0222. The second kappa shape index (κ2) is 8.98. The Morgan fingerprint density at radius 2 is 1.97 bits per heavy atom. The van der Waals surface area contributed by atoms with E-state index in [-0.39, 0.29) is 23.2 Å². The fraction of sp³-hybridized carbons (Fsp3) is 0.520. The summed E-state index contributed by atoms with van der Waals surface area (Å²) in [6.45, 7) is 8.40. The molecule has 0 fully saturated rings. The molecular formula is C25H30O7. The molecular weight excluding hydrogens is 412 g/mol. The van der Waals surface area contributed by atoms with E-state index in [2.05, 4.69) is 0 Å². The Morgan fingerprint density at radius 1 is 1.28 bits per heavy atom. The van der Waals surface area contributed by atoms with E-state index in [1.807, 2.05) is 26.8 Å². The van der Waals surface area contributed by atoms with Gasteiger partial charge in [-0.1, -0.05) is 33.3 Å². The van der Waals surface area contributed by atoms with E-state index in [1.54, 1.807) is 6.08 Å². The third-order valence-corrected chi connectivity index (χ3v) is 6.74. The van der Waals surface area contributed by atoms with Gasteiger partial charge in [-0.15, -0.1) is 0 Å². The maximum Gasteiger partial charge on any atom is 0.312 e. The molecule has 0 spiro atoms. The van der Waals surface area contributed by atoms with E-state index < -0.39 is 41.1 Å². The molecule has 7 heteroatoms. The molecule has 0 radical (unpaired) electrons. The highest BCUT2D eigenvalue weighted by atomic mass is 16.6. The predicted octanol–water partition coefficient (Wildman–Crippen LogP) is 2.99. The lowest BCUT2D eigenvalue weighted by molar-refractivity contribution is -0.175. The molecule has 1 N–H and O–H groups in total. The number of Topliss-reactive ketones (excluding diaryl/α,β-unsaturated/α-hetero) is 1. The van der Waals surface area contributed by atoms with Crippen LogP contribution in [0.25, 0.3) is 0 Å². The zero-order chi connectivity index (χ0) is 23.8. The zero-order valence-electron chi connectivity index (χ0n) is 19.1. The molecule has 0 aromatic heterocycles. The van der Waals surface area contributed by atoms with E-state index in [1.165, 1.54) is 32.3 Å². The van der Waals surface area contributed by atoms with Crippen molar-refractivity contribution < 1.29 is 33.8 Å². The molecule has 0 unspecified atom stereocenters. The van der Waals surface area contributed by atoms with E-state index in [0.29, 0.717) is 17.8 Å². The number of esters is 1. The van der Waals surface area contributed by atoms with Gasteiger partial charge in [-0.25, -0.2) is 0 Å². The Hall–Kier alpha value is -2.80. The number of rotatable bonds is 6. The lowest BCUT2D eigenvalue weighted by Gasteiger charge is -2.34. The van der Waals surface area contributed by atoms with Gasteiger partial charge in [0.1, 0.15) is 12.0 Å². The molecule has 1 aliphatic heterocycles. The lowest BCUT2D eigenvalue weighted by atomic mass is 9.77. The molecule has 7 nitrogen and oxygen atoms in total. The smallest absolute Gasteiger partial charge is 0.312 e. The predicted molar refractivity (Wildman–Crippen MR) is 116 cm³/mol. The molecule has 0 bridgehead atoms. The van der Waals surface area contributed by atoms with Crippen LogP contribution < -0.4 is 0 Å². The van der Waals surface area contributed by atoms with Gasteiger partial charge in [-0.05, 0) is 55.9 Å². The van der Waals surface area contributed by atoms with Gasteiger partial charge in [0.15, 0.2) is 5.78 Å². The van der Waals surface area contributed by atoms with Gasteiger partial charge >= 0.3 is 5.97 Å². The van der Waals surface area contributed by atoms with Gasteiger partial charge in [0, 0.05) is 0 Å². The fourth-order valence-electron chi connectivity index (χ4n) is 4.18. The number of aliphatic hydroxyl groups is 1. The number of hydrogen-bond acceptors (Lipinski definition) is 7. The van der Waals surface area contributed by atoms with Crippen LogP contribution in [0, 0.1) is 23.7 Å². The first-order chi connectivity index (χ1) is 15.0. The Bertz CT molecular complexity index is 967. The molecule has 0 amide bonds. The van der Waals surface area contributed by atoms with Crippen molar-refractivity contribution in [3.8, 4) is 0 Å². The summed E-state index contributed by atoms with van der Waals surface area (Å²) in [5.41, 5.74) is -1.61. The minimum Gasteiger partial charge on any atom is -0.468 e. The van der Waals surface area contributed by atoms with E-state index >= 15 is 0 Å². The molecule has 0 aromatic rings. The summed E-state index contributed by atoms with van der Waals surface area (Å²) in [4.78, 5) is 51.1. The van der Waals surface area contributed by atoms with Crippen molar-refractivity contribution in [1.29, 1.82) is 0 Å². The van der Waals surface area contributed by atoms with Crippen molar-refractivity contribution in [1.82, 2.24) is 0 Å². The van der Waals surface area contributed by atoms with Crippen molar-refractivity contribution in [3.63, 3.8) is 0 Å². The molecule has 172 valence electrons. The Labute approximate surface area is 187 Å². The first-order valence-electron chi connectivity index (χ1n) is 11.0. The van der Waals surface area contributed by atoms with Crippen LogP contribution in [0.2, 0.25) is 0 Å². The molecule has 0 saturated carbocycles. The van der Waals surface area contributed by atoms with Gasteiger partial charge in [0.05, 0.1) is 23.5 Å². The van der Waals surface area contributed by atoms with Gasteiger partial charge in [0.2, 0.25) is 17.2 Å². The Kier molecular flexibility index (Phi) is 6.69. The van der Waals surface area contributed by atoms with Crippen LogP contribution in [0.3, 0.4) is 0 Å². The third-order valence-electron chi connectivity index (χ3n) is 6.74. The van der Waals surface area contributed by atoms with Crippen LogP contribution in [-0.2, 0) is 28.7 Å². The van der Waals surface area contributed by atoms with Gasteiger partial charge in [-0.3, -0.25) is 19.2 Å². The SMILES string of the molecule is CC[C@H](C)[C@@H](O)[C@@H](C)C(=O)O[C@@]1(C)C(=O)C=C2C=C([C@@H]3C(=O)C=CC[C@H]3C)OC=C2C1=O. The molecule has 0 saturated heterocycles. The van der Waals surface area contributed by atoms with E-state index in [4.69, 9.17) is 9.47 Å². The average molecular weight is 443 g/mol. The summed E-state index contributed by atoms with van der Waals surface area (Å²) in [6.07, 6.45) is 7.77. The standard InChI is InChI=1S/C25H30O7/c1-6-13(2)22(28)15(4)24(30)32-25(5)20(27)11-16-10-19(31-12-17(16)23(25)29)21-14(3)8-7-9-18(21)26/h7,9-15,21-22,28H,6,8H2,1-5H3/t13-,14+,15+,21-,22+,25-/m0/s1. The number of carbonyl (C=O) groups is 4. The summed E-state index contributed by atoms with van der Waals surface area (Å²) in [5.74, 6) is -3.41. The van der Waals surface area contributed by atoms with Crippen molar-refractivity contribution in [3.05, 3.63) is 47.5 Å². The molecule has 3 aliphatic rings. The average Bonchev–Trinajstić information content (AvgIpc) is 2.76. The summed E-state index contributed by atoms with van der Waals surface area (Å²) in [5, 5.41) is 10.3. The highest BCUT2D eigenvalue weighted by molar-refractivity contribution is 6.26. The number of allylic oxidation sites excluding steroid dienone is 5. The zero-order valence-corrected chi connectivity index (χ0v) is 19.1. The van der Waals surface area contributed by atoms with E-state index in [0.717, 1.165) is 6.42 Å². The minimum atomic E-state index is -2.04. The van der Waals surface area contributed by atoms with Crippen molar-refractivity contribution in [2.24, 2.45) is 23.7 Å². The highest BCUT2D eigenvalue weighted by Crippen LogP contribution is 2.38. The van der Waals surface area contributed by atoms with Crippen LogP contribution >= 0.6 is 0 Å². The second-order valence-corrected chi connectivity index (χ2v) is 9.10. The Balaban J connectivity index is 1.85. The number of ketones is 3. The molecule has 32 heavy (non-hydrogen) atoms. The van der Waals surface area contributed by atoms with Crippen LogP contribution in [0.15, 0.2) is 47.5 Å². The first-order valence-corrected chi connectivity index (χ1v) is 11.0. The summed E-state index contributed by atoms with van der Waals surface area (Å²) in [7, 11) is 0. The second-order valence-electron chi connectivity index (χ2n) is 9.10. The summed E-state index contributed by atoms with van der Waals surface area (Å²) >= 11 is 0. The van der Waals surface area contributed by atoms with Gasteiger partial charge in [-0.2, -0.15) is 0 Å². The number of ether oxygens (including phenoxy) is 2. The van der Waals surface area contributed by atoms with Crippen LogP contribution in [0.1, 0.15) is 47.5 Å². The first kappa shape index (κ1) is 23.9. The maximum atomic E-state index is 13.2. The van der Waals surface area contributed by atoms with Gasteiger partial charge < -0.3 is 14.6 Å². The molecule has 6 atom stereocenters. The number of fused-ring (bicyclic) bond motifs is 1. The normalized spacial score (nSPS) is 30.3. The quantitative estimate of drug-likeness (QED) is 0.498. The number of aliphatic hydroxyl groups excluding tert-OH is 1. The van der Waals surface area contributed by atoms with Crippen molar-refractivity contribution in [2.75, 3.05) is 0 Å². The van der Waals surface area contributed by atoms with E-state index in [9.17, 15) is 24.3 Å². The maximum absolute atomic E-state index is 13.2. The topological polar surface area (TPSA) is 107 Å². The summed E-state index contributed by atoms with van der Waals surface area (Å²) in [6, 6.07) is 0. The molecule has 3 rings (SSSR count). The number of carbonyl (C=O) groups excluding carboxylic acids is 4. The third kappa shape index (κ3) is 4.13. The van der Waals surface area contributed by atoms with Crippen LogP contribution in [-0.4, -0.2) is 40.1 Å². The molecule has 1 heterocycles. The largest absolute Gasteiger partial charge is 0.468 e. The van der Waals surface area contributed by atoms with Crippen LogP contribution in [0.4, 0.5) is 0 Å². The molecule has 0 aromatic carbocycles. The van der Waals surface area contributed by atoms with Crippen LogP contribution in [0.5, 0.6) is 0 Å².